The summed E-state index contributed by atoms with van der Waals surface area (Å²) in [4.78, 5) is 5.04. The van der Waals surface area contributed by atoms with E-state index in [1.54, 1.807) is 12.1 Å². The topological polar surface area (TPSA) is 44.8 Å². The molecule has 4 nitrogen and oxygen atoms in total. The molecule has 0 aliphatic heterocycles. The number of hydrogen-bond acceptors (Lipinski definition) is 4. The summed E-state index contributed by atoms with van der Waals surface area (Å²) in [6.07, 6.45) is 0.596. The average Bonchev–Trinajstić information content (AvgIpc) is 2.44. The molecule has 2 atom stereocenters. The first kappa shape index (κ1) is 15.1. The maximum absolute atomic E-state index is 12.4. The molecule has 5 heteroatoms. The van der Waals surface area contributed by atoms with Crippen molar-refractivity contribution in [2.24, 2.45) is 0 Å². The Balaban J connectivity index is 2.82. The third-order valence-corrected chi connectivity index (χ3v) is 4.24. The Bertz CT molecular complexity index is 430. The Labute approximate surface area is 108 Å². The maximum atomic E-state index is 12.4. The SMILES string of the molecule is C=C(c1ccccc1)P(=O)(OC)OOC(C)CC. The van der Waals surface area contributed by atoms with E-state index >= 15 is 0 Å². The lowest BCUT2D eigenvalue weighted by Crippen LogP contribution is -2.07. The van der Waals surface area contributed by atoms with E-state index in [1.807, 2.05) is 32.0 Å². The van der Waals surface area contributed by atoms with Gasteiger partial charge in [0.15, 0.2) is 0 Å². The van der Waals surface area contributed by atoms with Crippen LogP contribution in [-0.4, -0.2) is 13.2 Å². The molecule has 0 heterocycles. The molecule has 0 aliphatic rings. The Hall–Kier alpha value is -0.930. The fourth-order valence-corrected chi connectivity index (χ4v) is 2.27. The molecule has 18 heavy (non-hydrogen) atoms. The molecule has 0 aromatic heterocycles. The van der Waals surface area contributed by atoms with Crippen molar-refractivity contribution in [3.63, 3.8) is 0 Å². The van der Waals surface area contributed by atoms with Crippen LogP contribution in [0.4, 0.5) is 0 Å². The molecule has 0 spiro atoms. The summed E-state index contributed by atoms with van der Waals surface area (Å²) in [6, 6.07) is 9.11. The van der Waals surface area contributed by atoms with Gasteiger partial charge in [0, 0.05) is 7.11 Å². The van der Waals surface area contributed by atoms with Gasteiger partial charge in [-0.1, -0.05) is 43.8 Å². The number of rotatable bonds is 7. The van der Waals surface area contributed by atoms with Gasteiger partial charge in [0.05, 0.1) is 11.4 Å². The van der Waals surface area contributed by atoms with E-state index in [9.17, 15) is 4.57 Å². The van der Waals surface area contributed by atoms with Crippen molar-refractivity contribution >= 4 is 12.9 Å². The molecule has 0 saturated carbocycles. The van der Waals surface area contributed by atoms with Crippen LogP contribution < -0.4 is 0 Å². The zero-order valence-corrected chi connectivity index (χ0v) is 11.9. The van der Waals surface area contributed by atoms with Crippen molar-refractivity contribution in [1.82, 2.24) is 0 Å². The highest BCUT2D eigenvalue weighted by Gasteiger charge is 2.30. The Morgan fingerprint density at radius 2 is 2.00 bits per heavy atom. The molecule has 0 amide bonds. The van der Waals surface area contributed by atoms with Gasteiger partial charge < -0.3 is 4.52 Å². The summed E-state index contributed by atoms with van der Waals surface area (Å²) in [7, 11) is -2.18. The standard InChI is InChI=1S/C13H19O4P/c1-5-11(2)16-17-18(14,15-4)12(3)13-9-7-6-8-10-13/h6-11H,3,5H2,1-2,4H3. The van der Waals surface area contributed by atoms with Crippen LogP contribution in [0.25, 0.3) is 5.31 Å². The normalized spacial score (nSPS) is 15.9. The van der Waals surface area contributed by atoms with E-state index in [0.29, 0.717) is 5.56 Å². The molecule has 0 radical (unpaired) electrons. The molecule has 1 aromatic carbocycles. The van der Waals surface area contributed by atoms with Crippen molar-refractivity contribution in [2.45, 2.75) is 26.4 Å². The van der Waals surface area contributed by atoms with E-state index in [2.05, 4.69) is 6.58 Å². The minimum absolute atomic E-state index is 0.156. The minimum atomic E-state index is -3.50. The average molecular weight is 270 g/mol. The van der Waals surface area contributed by atoms with E-state index in [-0.39, 0.29) is 11.4 Å². The maximum Gasteiger partial charge on any atom is 0.387 e. The molecule has 1 rings (SSSR count). The Kier molecular flexibility index (Phi) is 5.76. The molecule has 0 fully saturated rings. The van der Waals surface area contributed by atoms with Crippen LogP contribution in [0.1, 0.15) is 25.8 Å². The van der Waals surface area contributed by atoms with Crippen molar-refractivity contribution in [1.29, 1.82) is 0 Å². The highest BCUT2D eigenvalue weighted by molar-refractivity contribution is 7.64. The zero-order chi connectivity index (χ0) is 13.6. The van der Waals surface area contributed by atoms with Crippen LogP contribution >= 0.6 is 7.60 Å². The van der Waals surface area contributed by atoms with Crippen LogP contribution in [0.5, 0.6) is 0 Å². The first-order valence-corrected chi connectivity index (χ1v) is 7.33. The fourth-order valence-electron chi connectivity index (χ4n) is 1.17. The molecule has 1 aromatic rings. The Morgan fingerprint density at radius 1 is 1.39 bits per heavy atom. The molecule has 100 valence electrons. The van der Waals surface area contributed by atoms with Gasteiger partial charge in [-0.25, -0.2) is 4.89 Å². The van der Waals surface area contributed by atoms with Gasteiger partial charge in [0.1, 0.15) is 0 Å². The van der Waals surface area contributed by atoms with Gasteiger partial charge in [-0.15, -0.1) is 4.67 Å². The van der Waals surface area contributed by atoms with Gasteiger partial charge >= 0.3 is 7.60 Å². The molecule has 0 aliphatic carbocycles. The lowest BCUT2D eigenvalue weighted by molar-refractivity contribution is -0.244. The van der Waals surface area contributed by atoms with Crippen molar-refractivity contribution in [3.8, 4) is 0 Å². The molecule has 0 N–H and O–H groups in total. The second-order valence-corrected chi connectivity index (χ2v) is 5.93. The van der Waals surface area contributed by atoms with Crippen LogP contribution in [-0.2, 0) is 18.7 Å². The quantitative estimate of drug-likeness (QED) is 0.422. The smallest absolute Gasteiger partial charge is 0.307 e. The monoisotopic (exact) mass is 270 g/mol. The first-order valence-electron chi connectivity index (χ1n) is 5.79. The molecule has 2 unspecified atom stereocenters. The second kappa shape index (κ2) is 6.86. The largest absolute Gasteiger partial charge is 0.387 e. The van der Waals surface area contributed by atoms with Gasteiger partial charge in [0.2, 0.25) is 0 Å². The minimum Gasteiger partial charge on any atom is -0.307 e. The Morgan fingerprint density at radius 3 is 2.50 bits per heavy atom. The van der Waals surface area contributed by atoms with E-state index < -0.39 is 7.60 Å². The molecule has 0 saturated heterocycles. The van der Waals surface area contributed by atoms with E-state index in [1.165, 1.54) is 7.11 Å². The number of hydrogen-bond donors (Lipinski definition) is 0. The lowest BCUT2D eigenvalue weighted by atomic mass is 10.2. The van der Waals surface area contributed by atoms with E-state index in [0.717, 1.165) is 6.42 Å². The highest BCUT2D eigenvalue weighted by atomic mass is 31.2. The van der Waals surface area contributed by atoms with Crippen LogP contribution in [0, 0.1) is 0 Å². The first-order chi connectivity index (χ1) is 8.53. The van der Waals surface area contributed by atoms with Gasteiger partial charge in [-0.05, 0) is 18.9 Å². The molecular formula is C13H19O4P. The zero-order valence-electron chi connectivity index (χ0n) is 11.0. The summed E-state index contributed by atoms with van der Waals surface area (Å²) in [5, 5.41) is 0.286. The van der Waals surface area contributed by atoms with Crippen molar-refractivity contribution in [2.75, 3.05) is 7.11 Å². The van der Waals surface area contributed by atoms with Gasteiger partial charge in [0.25, 0.3) is 0 Å². The lowest BCUT2D eigenvalue weighted by Gasteiger charge is -2.19. The van der Waals surface area contributed by atoms with Gasteiger partial charge in [-0.2, -0.15) is 0 Å². The summed E-state index contributed by atoms with van der Waals surface area (Å²) < 4.78 is 22.4. The third kappa shape index (κ3) is 3.79. The molecule has 0 bridgehead atoms. The predicted octanol–water partition coefficient (Wildman–Crippen LogP) is 4.24. The van der Waals surface area contributed by atoms with Crippen LogP contribution in [0.3, 0.4) is 0 Å². The summed E-state index contributed by atoms with van der Waals surface area (Å²) in [5.74, 6) is 0. The summed E-state index contributed by atoms with van der Waals surface area (Å²) in [5.41, 5.74) is 0.704. The van der Waals surface area contributed by atoms with Crippen LogP contribution in [0.15, 0.2) is 36.9 Å². The molecular weight excluding hydrogens is 251 g/mol. The fraction of sp³-hybridized carbons (Fsp3) is 0.385. The predicted molar refractivity (Wildman–Crippen MR) is 72.0 cm³/mol. The second-order valence-electron chi connectivity index (χ2n) is 3.88. The summed E-state index contributed by atoms with van der Waals surface area (Å²) >= 11 is 0. The van der Waals surface area contributed by atoms with E-state index in [4.69, 9.17) is 14.1 Å². The van der Waals surface area contributed by atoms with Crippen molar-refractivity contribution < 1.29 is 18.7 Å². The van der Waals surface area contributed by atoms with Crippen LogP contribution in [0.2, 0.25) is 0 Å². The summed E-state index contributed by atoms with van der Waals surface area (Å²) in [6.45, 7) is 7.55. The number of benzene rings is 1. The highest BCUT2D eigenvalue weighted by Crippen LogP contribution is 2.59. The third-order valence-electron chi connectivity index (χ3n) is 2.56. The van der Waals surface area contributed by atoms with Gasteiger partial charge in [-0.3, -0.25) is 4.57 Å². The van der Waals surface area contributed by atoms with Crippen molar-refractivity contribution in [3.05, 3.63) is 42.5 Å².